The Labute approximate surface area is 398 Å². The lowest BCUT2D eigenvalue weighted by Gasteiger charge is -2.31. The molecule has 0 aliphatic heterocycles. The standard InChI is InChI=1S/C57H93NO7/c1-6-8-10-12-14-16-18-20-22-24-26-27-28-29-30-32-34-36-38-40-42-44-46-48-56(60)65-53(51-63-50-49-54(57(61)62)58(3,4)5)52-64-55(59)47-45-43-41-39-37-35-33-31-25-23-21-19-17-15-13-11-9-7-2/h8,10,14-17,19-23,25-27,29-31,33,53-54H,6-7,9,11-13,18,24,28,32,34-52H2,1-5H3/p+1/b10-8+,16-14+,17-15+,21-19+,22-20+,25-23+,27-26+,30-29+,33-31+. The third-order valence-electron chi connectivity index (χ3n) is 10.8. The molecular weight excluding hydrogens is 811 g/mol. The number of likely N-dealkylation sites (N-methyl/N-ethyl adjacent to an activating group) is 1. The summed E-state index contributed by atoms with van der Waals surface area (Å²) in [7, 11) is 5.51. The number of aliphatic carboxylic acids is 1. The summed E-state index contributed by atoms with van der Waals surface area (Å²) in [5.74, 6) is -1.52. The Kier molecular flexibility index (Phi) is 43.6. The predicted molar refractivity (Wildman–Crippen MR) is 275 cm³/mol. The number of quaternary nitrogens is 1. The number of carboxylic acid groups (broad SMARTS) is 1. The Bertz CT molecular complexity index is 1420. The van der Waals surface area contributed by atoms with E-state index in [1.54, 1.807) is 0 Å². The molecule has 0 rings (SSSR count). The van der Waals surface area contributed by atoms with Crippen LogP contribution in [0.4, 0.5) is 0 Å². The second-order valence-electron chi connectivity index (χ2n) is 17.8. The molecule has 0 saturated heterocycles. The van der Waals surface area contributed by atoms with Crippen molar-refractivity contribution in [1.29, 1.82) is 0 Å². The largest absolute Gasteiger partial charge is 0.477 e. The van der Waals surface area contributed by atoms with Gasteiger partial charge in [0.1, 0.15) is 6.61 Å². The lowest BCUT2D eigenvalue weighted by Crippen LogP contribution is -2.50. The summed E-state index contributed by atoms with van der Waals surface area (Å²) in [6.07, 6.45) is 64.1. The van der Waals surface area contributed by atoms with Crippen molar-refractivity contribution >= 4 is 17.9 Å². The van der Waals surface area contributed by atoms with Gasteiger partial charge in [0.25, 0.3) is 0 Å². The number of hydrogen-bond donors (Lipinski definition) is 1. The molecule has 0 heterocycles. The van der Waals surface area contributed by atoms with Crippen LogP contribution in [0.2, 0.25) is 0 Å². The molecule has 0 bridgehead atoms. The average molecular weight is 905 g/mol. The van der Waals surface area contributed by atoms with Gasteiger partial charge in [0.2, 0.25) is 0 Å². The Balaban J connectivity index is 4.35. The van der Waals surface area contributed by atoms with Gasteiger partial charge in [0.05, 0.1) is 34.4 Å². The maximum Gasteiger partial charge on any atom is 0.362 e. The summed E-state index contributed by atoms with van der Waals surface area (Å²) < 4.78 is 17.3. The molecule has 0 spiro atoms. The van der Waals surface area contributed by atoms with Gasteiger partial charge in [-0.05, 0) is 83.5 Å². The monoisotopic (exact) mass is 905 g/mol. The van der Waals surface area contributed by atoms with Gasteiger partial charge in [-0.25, -0.2) is 4.79 Å². The van der Waals surface area contributed by atoms with Gasteiger partial charge < -0.3 is 23.8 Å². The molecule has 2 atom stereocenters. The number of carbonyl (C=O) groups is 3. The highest BCUT2D eigenvalue weighted by Gasteiger charge is 2.31. The van der Waals surface area contributed by atoms with Gasteiger partial charge in [0.15, 0.2) is 12.1 Å². The van der Waals surface area contributed by atoms with Crippen LogP contribution in [0.3, 0.4) is 0 Å². The van der Waals surface area contributed by atoms with Crippen LogP contribution < -0.4 is 0 Å². The molecule has 0 aromatic carbocycles. The lowest BCUT2D eigenvalue weighted by atomic mass is 10.1. The van der Waals surface area contributed by atoms with Crippen molar-refractivity contribution in [3.63, 3.8) is 0 Å². The SMILES string of the molecule is CC/C=C/C/C=C/C/C=C/C/C=C/C/C=C/CCCCCCCCCC(=O)OC(COCCC(C(=O)O)[N+](C)(C)C)COC(=O)CCCCCCC/C=C/C=C/C=C/C=C/CCCCC. The Morgan fingerprint density at radius 2 is 0.923 bits per heavy atom. The number of allylic oxidation sites excluding steroid dienone is 18. The summed E-state index contributed by atoms with van der Waals surface area (Å²) in [5.41, 5.74) is 0. The van der Waals surface area contributed by atoms with E-state index in [0.29, 0.717) is 19.3 Å². The van der Waals surface area contributed by atoms with E-state index in [0.717, 1.165) is 109 Å². The Morgan fingerprint density at radius 3 is 1.42 bits per heavy atom. The van der Waals surface area contributed by atoms with Crippen molar-refractivity contribution in [2.45, 2.75) is 193 Å². The first kappa shape index (κ1) is 61.0. The number of nitrogens with zero attached hydrogens (tertiary/aromatic N) is 1. The van der Waals surface area contributed by atoms with Crippen LogP contribution in [-0.2, 0) is 28.6 Å². The first-order chi connectivity index (χ1) is 31.6. The summed E-state index contributed by atoms with van der Waals surface area (Å²) in [5, 5.41) is 9.66. The van der Waals surface area contributed by atoms with Crippen molar-refractivity contribution < 1.29 is 38.2 Å². The number of rotatable bonds is 44. The fourth-order valence-corrected chi connectivity index (χ4v) is 6.84. The third-order valence-corrected chi connectivity index (χ3v) is 10.8. The summed E-state index contributed by atoms with van der Waals surface area (Å²) >= 11 is 0. The number of esters is 2. The molecule has 0 aliphatic carbocycles. The minimum absolute atomic E-state index is 0.0413. The molecule has 368 valence electrons. The molecular formula is C57H94NO7+. The van der Waals surface area contributed by atoms with Crippen molar-refractivity contribution in [2.24, 2.45) is 0 Å². The molecule has 0 aromatic heterocycles. The molecule has 2 unspecified atom stereocenters. The first-order valence-corrected chi connectivity index (χ1v) is 25.5. The van der Waals surface area contributed by atoms with Crippen LogP contribution in [0.1, 0.15) is 181 Å². The highest BCUT2D eigenvalue weighted by Crippen LogP contribution is 2.14. The maximum atomic E-state index is 12.8. The minimum Gasteiger partial charge on any atom is -0.477 e. The zero-order chi connectivity index (χ0) is 47.7. The van der Waals surface area contributed by atoms with Crippen LogP contribution in [0.25, 0.3) is 0 Å². The molecule has 1 N–H and O–H groups in total. The normalized spacial score (nSPS) is 13.8. The number of hydrogen-bond acceptors (Lipinski definition) is 6. The first-order valence-electron chi connectivity index (χ1n) is 25.5. The molecule has 0 aliphatic rings. The van der Waals surface area contributed by atoms with Gasteiger partial charge in [-0.3, -0.25) is 9.59 Å². The van der Waals surface area contributed by atoms with Crippen LogP contribution in [-0.4, -0.2) is 80.6 Å². The Morgan fingerprint density at radius 1 is 0.492 bits per heavy atom. The fraction of sp³-hybridized carbons (Fsp3) is 0.632. The van der Waals surface area contributed by atoms with E-state index in [1.165, 1.54) is 38.5 Å². The van der Waals surface area contributed by atoms with Crippen molar-refractivity contribution in [3.8, 4) is 0 Å². The topological polar surface area (TPSA) is 99.1 Å². The van der Waals surface area contributed by atoms with E-state index >= 15 is 0 Å². The van der Waals surface area contributed by atoms with E-state index < -0.39 is 18.1 Å². The summed E-state index contributed by atoms with van der Waals surface area (Å²) in [6.45, 7) is 4.54. The van der Waals surface area contributed by atoms with Crippen LogP contribution in [0, 0.1) is 0 Å². The minimum atomic E-state index is -0.885. The van der Waals surface area contributed by atoms with E-state index in [4.69, 9.17) is 14.2 Å². The van der Waals surface area contributed by atoms with Crippen LogP contribution >= 0.6 is 0 Å². The summed E-state index contributed by atoms with van der Waals surface area (Å²) in [4.78, 5) is 37.2. The fourth-order valence-electron chi connectivity index (χ4n) is 6.84. The number of unbranched alkanes of at least 4 members (excludes halogenated alkanes) is 15. The molecule has 0 radical (unpaired) electrons. The quantitative estimate of drug-likeness (QED) is 0.0214. The van der Waals surface area contributed by atoms with E-state index in [-0.39, 0.29) is 36.2 Å². The lowest BCUT2D eigenvalue weighted by molar-refractivity contribution is -0.887. The maximum absolute atomic E-state index is 12.8. The zero-order valence-electron chi connectivity index (χ0n) is 41.9. The highest BCUT2D eigenvalue weighted by atomic mass is 16.6. The van der Waals surface area contributed by atoms with Crippen LogP contribution in [0.15, 0.2) is 109 Å². The van der Waals surface area contributed by atoms with Crippen LogP contribution in [0.5, 0.6) is 0 Å². The van der Waals surface area contributed by atoms with Crippen molar-refractivity contribution in [1.82, 2.24) is 0 Å². The second kappa shape index (κ2) is 46.5. The van der Waals surface area contributed by atoms with Gasteiger partial charge in [-0.1, -0.05) is 187 Å². The second-order valence-corrected chi connectivity index (χ2v) is 17.8. The molecule has 0 amide bonds. The van der Waals surface area contributed by atoms with E-state index in [2.05, 4.69) is 123 Å². The number of ether oxygens (including phenoxy) is 3. The molecule has 8 heteroatoms. The Hall–Kier alpha value is -4.01. The van der Waals surface area contributed by atoms with E-state index in [1.807, 2.05) is 21.1 Å². The van der Waals surface area contributed by atoms with Gasteiger partial charge in [-0.15, -0.1) is 0 Å². The van der Waals surface area contributed by atoms with Gasteiger partial charge in [-0.2, -0.15) is 0 Å². The molecule has 0 fully saturated rings. The molecule has 65 heavy (non-hydrogen) atoms. The van der Waals surface area contributed by atoms with Gasteiger partial charge in [0, 0.05) is 19.3 Å². The number of carbonyl (C=O) groups excluding carboxylic acids is 2. The molecule has 8 nitrogen and oxygen atoms in total. The highest BCUT2D eigenvalue weighted by molar-refractivity contribution is 5.72. The average Bonchev–Trinajstić information content (AvgIpc) is 3.27. The van der Waals surface area contributed by atoms with Crippen molar-refractivity contribution in [2.75, 3.05) is 41.0 Å². The molecule has 0 saturated carbocycles. The van der Waals surface area contributed by atoms with Crippen molar-refractivity contribution in [3.05, 3.63) is 109 Å². The smallest absolute Gasteiger partial charge is 0.362 e. The zero-order valence-corrected chi connectivity index (χ0v) is 41.9. The third kappa shape index (κ3) is 45.0. The molecule has 0 aromatic rings. The van der Waals surface area contributed by atoms with E-state index in [9.17, 15) is 19.5 Å². The number of carboxylic acids is 1. The predicted octanol–water partition coefficient (Wildman–Crippen LogP) is 14.8. The van der Waals surface area contributed by atoms with Gasteiger partial charge >= 0.3 is 17.9 Å². The summed E-state index contributed by atoms with van der Waals surface area (Å²) in [6, 6.07) is -0.628.